The van der Waals surface area contributed by atoms with E-state index in [-0.39, 0.29) is 11.5 Å². The summed E-state index contributed by atoms with van der Waals surface area (Å²) in [5.41, 5.74) is 3.24. The number of rotatable bonds is 5. The number of hydrogen-bond donors (Lipinski definition) is 1. The number of aromatic nitrogens is 1. The van der Waals surface area contributed by atoms with Gasteiger partial charge in [-0.15, -0.1) is 0 Å². The molecule has 1 amide bonds. The molecule has 2 rings (SSSR count). The number of hydrogen-bond acceptors (Lipinski definition) is 4. The summed E-state index contributed by atoms with van der Waals surface area (Å²) in [5, 5.41) is 2.62. The van der Waals surface area contributed by atoms with Crippen LogP contribution in [-0.2, 0) is 9.53 Å². The normalized spacial score (nSPS) is 11.1. The van der Waals surface area contributed by atoms with Gasteiger partial charge in [-0.25, -0.2) is 4.98 Å². The van der Waals surface area contributed by atoms with E-state index in [9.17, 15) is 9.59 Å². The number of amides is 1. The summed E-state index contributed by atoms with van der Waals surface area (Å²) in [6, 6.07) is 10.8. The summed E-state index contributed by atoms with van der Waals surface area (Å²) in [5.74, 6) is -0.462. The lowest BCUT2D eigenvalue weighted by Gasteiger charge is -2.08. The number of methoxy groups -OCH3 is 1. The average molecular weight is 324 g/mol. The molecule has 0 radical (unpaired) electrons. The van der Waals surface area contributed by atoms with Crippen LogP contribution in [0.2, 0.25) is 0 Å². The number of ketones is 1. The lowest BCUT2D eigenvalue weighted by atomic mass is 10.0. The van der Waals surface area contributed by atoms with Crippen molar-refractivity contribution in [2.75, 3.05) is 12.4 Å². The molecular formula is C19H20N2O3. The van der Waals surface area contributed by atoms with E-state index in [1.165, 1.54) is 13.2 Å². The van der Waals surface area contributed by atoms with Crippen LogP contribution in [0, 0.1) is 20.8 Å². The van der Waals surface area contributed by atoms with E-state index in [1.54, 1.807) is 18.2 Å². The van der Waals surface area contributed by atoms with Gasteiger partial charge in [0.2, 0.25) is 0 Å². The topological polar surface area (TPSA) is 68.3 Å². The number of carbonyl (C=O) groups excluding carboxylic acids is 2. The zero-order chi connectivity index (χ0) is 17.7. The number of pyridine rings is 1. The molecule has 0 atom stereocenters. The summed E-state index contributed by atoms with van der Waals surface area (Å²) in [6.45, 7) is 5.64. The summed E-state index contributed by atoms with van der Waals surface area (Å²) in [7, 11) is 1.35. The quantitative estimate of drug-likeness (QED) is 0.520. The summed E-state index contributed by atoms with van der Waals surface area (Å²) < 4.78 is 5.07. The number of anilines is 1. The molecule has 5 nitrogen and oxygen atoms in total. The fourth-order valence-electron chi connectivity index (χ4n) is 2.29. The van der Waals surface area contributed by atoms with Crippen molar-refractivity contribution in [2.45, 2.75) is 20.8 Å². The highest BCUT2D eigenvalue weighted by atomic mass is 16.5. The molecule has 24 heavy (non-hydrogen) atoms. The molecule has 1 N–H and O–H groups in total. The predicted molar refractivity (Wildman–Crippen MR) is 92.9 cm³/mol. The van der Waals surface area contributed by atoms with Crippen LogP contribution in [0.15, 0.2) is 48.2 Å². The van der Waals surface area contributed by atoms with Gasteiger partial charge in [-0.05, 0) is 38.5 Å². The van der Waals surface area contributed by atoms with Crippen LogP contribution in [0.3, 0.4) is 0 Å². The van der Waals surface area contributed by atoms with E-state index in [0.29, 0.717) is 11.4 Å². The molecule has 0 saturated carbocycles. The maximum atomic E-state index is 12.4. The van der Waals surface area contributed by atoms with Crippen LogP contribution < -0.4 is 5.32 Å². The van der Waals surface area contributed by atoms with Crippen molar-refractivity contribution in [1.29, 1.82) is 0 Å². The van der Waals surface area contributed by atoms with Gasteiger partial charge in [-0.2, -0.15) is 0 Å². The van der Waals surface area contributed by atoms with E-state index < -0.39 is 5.91 Å². The van der Waals surface area contributed by atoms with Gasteiger partial charge in [-0.3, -0.25) is 9.59 Å². The van der Waals surface area contributed by atoms with E-state index in [2.05, 4.69) is 10.3 Å². The molecule has 1 heterocycles. The minimum absolute atomic E-state index is 0.0664. The fourth-order valence-corrected chi connectivity index (χ4v) is 2.29. The Hall–Kier alpha value is -2.95. The first-order valence-electron chi connectivity index (χ1n) is 7.53. The van der Waals surface area contributed by atoms with Crippen molar-refractivity contribution >= 4 is 17.5 Å². The number of allylic oxidation sites excluding steroid dienone is 1. The number of nitrogens with one attached hydrogen (secondary N) is 1. The average Bonchev–Trinajstić information content (AvgIpc) is 2.52. The number of carbonyl (C=O) groups is 2. The molecule has 0 saturated heterocycles. The second-order valence-electron chi connectivity index (χ2n) is 5.51. The molecule has 0 bridgehead atoms. The first-order valence-corrected chi connectivity index (χ1v) is 7.53. The van der Waals surface area contributed by atoms with Crippen LogP contribution in [0.4, 0.5) is 5.82 Å². The Morgan fingerprint density at radius 2 is 1.88 bits per heavy atom. The van der Waals surface area contributed by atoms with Crippen LogP contribution in [0.25, 0.3) is 0 Å². The van der Waals surface area contributed by atoms with E-state index in [4.69, 9.17) is 4.74 Å². The zero-order valence-electron chi connectivity index (χ0n) is 14.2. The molecule has 2 aromatic rings. The molecular weight excluding hydrogens is 304 g/mol. The number of nitrogens with zero attached hydrogens (tertiary/aromatic N) is 1. The molecule has 5 heteroatoms. The molecule has 0 aliphatic rings. The monoisotopic (exact) mass is 324 g/mol. The Morgan fingerprint density at radius 3 is 2.50 bits per heavy atom. The Balaban J connectivity index is 2.21. The third kappa shape index (κ3) is 4.29. The second kappa shape index (κ2) is 7.55. The van der Waals surface area contributed by atoms with Gasteiger partial charge in [0, 0.05) is 17.3 Å². The maximum absolute atomic E-state index is 12.4. The van der Waals surface area contributed by atoms with Gasteiger partial charge < -0.3 is 10.1 Å². The van der Waals surface area contributed by atoms with Gasteiger partial charge in [0.05, 0.1) is 7.11 Å². The van der Waals surface area contributed by atoms with Gasteiger partial charge in [0.25, 0.3) is 5.91 Å². The first kappa shape index (κ1) is 17.4. The van der Waals surface area contributed by atoms with Crippen molar-refractivity contribution in [2.24, 2.45) is 0 Å². The minimum Gasteiger partial charge on any atom is -0.491 e. The summed E-state index contributed by atoms with van der Waals surface area (Å²) >= 11 is 0. The Labute approximate surface area is 141 Å². The van der Waals surface area contributed by atoms with Crippen molar-refractivity contribution in [3.05, 3.63) is 70.6 Å². The summed E-state index contributed by atoms with van der Waals surface area (Å²) in [4.78, 5) is 28.9. The molecule has 1 aromatic heterocycles. The number of aryl methyl sites for hydroxylation is 3. The maximum Gasteiger partial charge on any atom is 0.292 e. The highest BCUT2D eigenvalue weighted by molar-refractivity contribution is 6.12. The van der Waals surface area contributed by atoms with E-state index in [1.807, 2.05) is 39.0 Å². The predicted octanol–water partition coefficient (Wildman–Crippen LogP) is 3.36. The fraction of sp³-hybridized carbons (Fsp3) is 0.211. The molecule has 0 aliphatic carbocycles. The lowest BCUT2D eigenvalue weighted by molar-refractivity contribution is -0.115. The molecule has 1 aromatic carbocycles. The van der Waals surface area contributed by atoms with Crippen LogP contribution >= 0.6 is 0 Å². The largest absolute Gasteiger partial charge is 0.491 e. The third-order valence-corrected chi connectivity index (χ3v) is 3.48. The number of benzene rings is 1. The Kier molecular flexibility index (Phi) is 5.47. The number of ether oxygens (including phenoxy) is 1. The van der Waals surface area contributed by atoms with Gasteiger partial charge in [-0.1, -0.05) is 29.8 Å². The molecule has 0 unspecified atom stereocenters. The van der Waals surface area contributed by atoms with Crippen molar-refractivity contribution in [1.82, 2.24) is 4.98 Å². The lowest BCUT2D eigenvalue weighted by Crippen LogP contribution is -2.18. The SMILES string of the molecule is COC(=CC(=O)c1ccc(C)cc1C)C(=O)Nc1cccc(C)n1. The van der Waals surface area contributed by atoms with Crippen molar-refractivity contribution < 1.29 is 14.3 Å². The van der Waals surface area contributed by atoms with E-state index >= 15 is 0 Å². The third-order valence-electron chi connectivity index (χ3n) is 3.48. The zero-order valence-corrected chi connectivity index (χ0v) is 14.2. The minimum atomic E-state index is -0.520. The Bertz CT molecular complexity index is 810. The van der Waals surface area contributed by atoms with Crippen LogP contribution in [0.5, 0.6) is 0 Å². The Morgan fingerprint density at radius 1 is 1.12 bits per heavy atom. The van der Waals surface area contributed by atoms with Crippen molar-refractivity contribution in [3.8, 4) is 0 Å². The van der Waals surface area contributed by atoms with Crippen LogP contribution in [0.1, 0.15) is 27.2 Å². The van der Waals surface area contributed by atoms with Crippen molar-refractivity contribution in [3.63, 3.8) is 0 Å². The van der Waals surface area contributed by atoms with Gasteiger partial charge in [0.15, 0.2) is 11.5 Å². The van der Waals surface area contributed by atoms with Gasteiger partial charge >= 0.3 is 0 Å². The molecule has 0 fully saturated rings. The van der Waals surface area contributed by atoms with E-state index in [0.717, 1.165) is 16.8 Å². The molecule has 0 aliphatic heterocycles. The smallest absolute Gasteiger partial charge is 0.292 e. The standard InChI is InChI=1S/C19H20N2O3/c1-12-8-9-15(13(2)10-12)16(22)11-17(24-4)19(23)21-18-7-5-6-14(3)20-18/h5-11H,1-4H3,(H,20,21,23). The highest BCUT2D eigenvalue weighted by Crippen LogP contribution is 2.14. The van der Waals surface area contributed by atoms with Crippen LogP contribution in [-0.4, -0.2) is 23.8 Å². The van der Waals surface area contributed by atoms with Gasteiger partial charge in [0.1, 0.15) is 5.82 Å². The first-order chi connectivity index (χ1) is 11.4. The molecule has 0 spiro atoms. The highest BCUT2D eigenvalue weighted by Gasteiger charge is 2.15. The second-order valence-corrected chi connectivity index (χ2v) is 5.51. The summed E-state index contributed by atoms with van der Waals surface area (Å²) in [6.07, 6.45) is 1.20. The molecule has 124 valence electrons.